The fourth-order valence-electron chi connectivity index (χ4n) is 1.46. The fourth-order valence-corrected chi connectivity index (χ4v) is 2.99. The second-order valence-electron chi connectivity index (χ2n) is 4.07. The van der Waals surface area contributed by atoms with Gasteiger partial charge in [-0.05, 0) is 24.3 Å². The predicted octanol–water partition coefficient (Wildman–Crippen LogP) is 0.284. The Hall–Kier alpha value is -1.07. The zero-order valence-electron chi connectivity index (χ0n) is 11.4. The van der Waals surface area contributed by atoms with E-state index in [0.717, 1.165) is 24.3 Å². The van der Waals surface area contributed by atoms with Crippen molar-refractivity contribution in [2.45, 2.75) is 15.9 Å². The summed E-state index contributed by atoms with van der Waals surface area (Å²) in [5.41, 5.74) is 0. The number of nitrogens with one attached hydrogen (secondary N) is 1. The van der Waals surface area contributed by atoms with Crippen molar-refractivity contribution in [2.24, 2.45) is 0 Å². The van der Waals surface area contributed by atoms with Gasteiger partial charge in [0.05, 0.1) is 22.5 Å². The molecule has 120 valence electrons. The van der Waals surface area contributed by atoms with Gasteiger partial charge in [-0.3, -0.25) is 0 Å². The molecule has 21 heavy (non-hydrogen) atoms. The van der Waals surface area contributed by atoms with Crippen molar-refractivity contribution in [1.82, 2.24) is 4.72 Å². The van der Waals surface area contributed by atoms with Crippen molar-refractivity contribution in [2.75, 3.05) is 27.4 Å². The molecule has 0 saturated carbocycles. The molecule has 1 rings (SSSR count). The average Bonchev–Trinajstić information content (AvgIpc) is 2.42. The van der Waals surface area contributed by atoms with Crippen LogP contribution in [0.2, 0.25) is 0 Å². The largest absolute Gasteiger partial charge is 0.382 e. The number of hydrogen-bond donors (Lipinski definition) is 1. The van der Waals surface area contributed by atoms with Gasteiger partial charge in [-0.15, -0.1) is 3.89 Å². The van der Waals surface area contributed by atoms with Gasteiger partial charge < -0.3 is 9.47 Å². The molecule has 1 aromatic rings. The van der Waals surface area contributed by atoms with Crippen LogP contribution in [0.25, 0.3) is 0 Å². The summed E-state index contributed by atoms with van der Waals surface area (Å²) in [6, 6.07) is 3.78. The van der Waals surface area contributed by atoms with Gasteiger partial charge in [0.1, 0.15) is 0 Å². The quantitative estimate of drug-likeness (QED) is 0.682. The summed E-state index contributed by atoms with van der Waals surface area (Å²) in [4.78, 5) is -0.780. The number of ether oxygens (including phenoxy) is 2. The standard InChI is InChI=1S/C11H16FNO6S2/c1-18-8-9(19-2)7-13-21(16,17)11-5-3-10(4-6-11)20(12,14)15/h3-6,9,13H,7-8H2,1-2H3. The maximum absolute atomic E-state index is 12.7. The fraction of sp³-hybridized carbons (Fsp3) is 0.455. The Kier molecular flexibility index (Phi) is 6.23. The lowest BCUT2D eigenvalue weighted by Crippen LogP contribution is -2.35. The van der Waals surface area contributed by atoms with Gasteiger partial charge in [0.25, 0.3) is 0 Å². The molecule has 7 nitrogen and oxygen atoms in total. The summed E-state index contributed by atoms with van der Waals surface area (Å²) in [5.74, 6) is 0. The van der Waals surface area contributed by atoms with Crippen LogP contribution in [-0.2, 0) is 29.7 Å². The van der Waals surface area contributed by atoms with Crippen LogP contribution in [0.3, 0.4) is 0 Å². The van der Waals surface area contributed by atoms with Gasteiger partial charge in [-0.2, -0.15) is 8.42 Å². The highest BCUT2D eigenvalue weighted by atomic mass is 32.3. The molecule has 0 amide bonds. The molecule has 1 N–H and O–H groups in total. The first kappa shape index (κ1) is 18.0. The first-order valence-electron chi connectivity index (χ1n) is 5.77. The molecule has 1 aromatic carbocycles. The zero-order valence-corrected chi connectivity index (χ0v) is 13.1. The van der Waals surface area contributed by atoms with Crippen molar-refractivity contribution in [1.29, 1.82) is 0 Å². The van der Waals surface area contributed by atoms with Crippen molar-refractivity contribution < 1.29 is 30.2 Å². The minimum atomic E-state index is -4.85. The topological polar surface area (TPSA) is 98.8 Å². The van der Waals surface area contributed by atoms with Gasteiger partial charge in [0.15, 0.2) is 0 Å². The number of benzene rings is 1. The van der Waals surface area contributed by atoms with Crippen LogP contribution in [0, 0.1) is 0 Å². The van der Waals surface area contributed by atoms with Crippen molar-refractivity contribution in [3.63, 3.8) is 0 Å². The van der Waals surface area contributed by atoms with Gasteiger partial charge in [0, 0.05) is 20.8 Å². The minimum Gasteiger partial charge on any atom is -0.382 e. The van der Waals surface area contributed by atoms with E-state index < -0.39 is 31.2 Å². The number of halogens is 1. The summed E-state index contributed by atoms with van der Waals surface area (Å²) < 4.78 is 70.1. The van der Waals surface area contributed by atoms with E-state index in [1.165, 1.54) is 14.2 Å². The van der Waals surface area contributed by atoms with Crippen LogP contribution in [0.1, 0.15) is 0 Å². The van der Waals surface area contributed by atoms with E-state index in [0.29, 0.717) is 0 Å². The molecule has 0 bridgehead atoms. The molecule has 0 saturated heterocycles. The molecule has 0 spiro atoms. The lowest BCUT2D eigenvalue weighted by atomic mass is 10.4. The predicted molar refractivity (Wildman–Crippen MR) is 72.6 cm³/mol. The van der Waals surface area contributed by atoms with E-state index in [1.807, 2.05) is 0 Å². The second-order valence-corrected chi connectivity index (χ2v) is 7.19. The Morgan fingerprint density at radius 3 is 2.05 bits per heavy atom. The van der Waals surface area contributed by atoms with Gasteiger partial charge in [0.2, 0.25) is 10.0 Å². The Morgan fingerprint density at radius 2 is 1.62 bits per heavy atom. The number of methoxy groups -OCH3 is 2. The third kappa shape index (κ3) is 5.32. The maximum Gasteiger partial charge on any atom is 0.332 e. The number of sulfonamides is 1. The van der Waals surface area contributed by atoms with Crippen molar-refractivity contribution in [3.05, 3.63) is 24.3 Å². The normalized spacial score (nSPS) is 14.0. The van der Waals surface area contributed by atoms with E-state index in [1.54, 1.807) is 0 Å². The highest BCUT2D eigenvalue weighted by Crippen LogP contribution is 2.16. The maximum atomic E-state index is 12.7. The lowest BCUT2D eigenvalue weighted by Gasteiger charge is -2.15. The molecule has 0 aliphatic heterocycles. The smallest absolute Gasteiger partial charge is 0.332 e. The molecule has 0 heterocycles. The first-order chi connectivity index (χ1) is 9.70. The molecule has 0 aliphatic carbocycles. The summed E-state index contributed by atoms with van der Waals surface area (Å²) in [6.07, 6.45) is -0.463. The molecule has 0 radical (unpaired) electrons. The summed E-state index contributed by atoms with van der Waals surface area (Å²) in [5, 5.41) is 0. The Morgan fingerprint density at radius 1 is 1.10 bits per heavy atom. The third-order valence-corrected chi connectivity index (χ3v) is 4.88. The van der Waals surface area contributed by atoms with E-state index in [4.69, 9.17) is 9.47 Å². The van der Waals surface area contributed by atoms with Gasteiger partial charge in [-0.1, -0.05) is 0 Å². The Bertz CT molecular complexity index is 656. The van der Waals surface area contributed by atoms with E-state index in [-0.39, 0.29) is 18.0 Å². The summed E-state index contributed by atoms with van der Waals surface area (Å²) in [7, 11) is -5.83. The zero-order chi connectivity index (χ0) is 16.1. The molecule has 0 aliphatic rings. The van der Waals surface area contributed by atoms with Crippen LogP contribution in [-0.4, -0.2) is 50.3 Å². The van der Waals surface area contributed by atoms with Crippen LogP contribution >= 0.6 is 0 Å². The van der Waals surface area contributed by atoms with Gasteiger partial charge in [-0.25, -0.2) is 13.1 Å². The van der Waals surface area contributed by atoms with Gasteiger partial charge >= 0.3 is 10.2 Å². The summed E-state index contributed by atoms with van der Waals surface area (Å²) >= 11 is 0. The van der Waals surface area contributed by atoms with Crippen molar-refractivity contribution in [3.8, 4) is 0 Å². The highest BCUT2D eigenvalue weighted by Gasteiger charge is 2.18. The number of rotatable bonds is 8. The Balaban J connectivity index is 2.84. The highest BCUT2D eigenvalue weighted by molar-refractivity contribution is 7.89. The molecule has 10 heteroatoms. The molecule has 0 fully saturated rings. The van der Waals surface area contributed by atoms with Crippen LogP contribution in [0.4, 0.5) is 3.89 Å². The van der Waals surface area contributed by atoms with Crippen molar-refractivity contribution >= 4 is 20.2 Å². The summed E-state index contributed by atoms with van der Waals surface area (Å²) in [6.45, 7) is 0.188. The Labute approximate surface area is 123 Å². The molecule has 0 aromatic heterocycles. The number of hydrogen-bond acceptors (Lipinski definition) is 6. The van der Waals surface area contributed by atoms with E-state index in [9.17, 15) is 20.7 Å². The van der Waals surface area contributed by atoms with Crippen LogP contribution in [0.15, 0.2) is 34.1 Å². The third-order valence-electron chi connectivity index (χ3n) is 2.60. The monoisotopic (exact) mass is 341 g/mol. The lowest BCUT2D eigenvalue weighted by molar-refractivity contribution is 0.0320. The second kappa shape index (κ2) is 7.27. The molecular formula is C11H16FNO6S2. The molecular weight excluding hydrogens is 325 g/mol. The van der Waals surface area contributed by atoms with Crippen LogP contribution < -0.4 is 4.72 Å². The van der Waals surface area contributed by atoms with Crippen LogP contribution in [0.5, 0.6) is 0 Å². The minimum absolute atomic E-state index is 0.0180. The average molecular weight is 341 g/mol. The SMILES string of the molecule is COCC(CNS(=O)(=O)c1ccc(S(=O)(=O)F)cc1)OC. The molecule has 1 atom stereocenters. The van der Waals surface area contributed by atoms with E-state index >= 15 is 0 Å². The first-order valence-corrected chi connectivity index (χ1v) is 8.63. The molecule has 1 unspecified atom stereocenters. The van der Waals surface area contributed by atoms with E-state index in [2.05, 4.69) is 4.72 Å².